The van der Waals surface area contributed by atoms with Crippen molar-refractivity contribution in [2.24, 2.45) is 0 Å². The Balaban J connectivity index is 1.18. The van der Waals surface area contributed by atoms with Crippen molar-refractivity contribution in [3.05, 3.63) is 69.5 Å². The number of cyclic esters (lactones) is 1. The Labute approximate surface area is 187 Å². The maximum Gasteiger partial charge on any atom is 0.338 e. The highest BCUT2D eigenvalue weighted by atomic mass is 19.1. The number of carbonyl (C=O) groups is 1. The topological polar surface area (TPSA) is 68.6 Å². The number of fused-ring (bicyclic) bond motifs is 2. The lowest BCUT2D eigenvalue weighted by Gasteiger charge is -2.47. The second-order valence-electron chi connectivity index (χ2n) is 8.98. The quantitative estimate of drug-likeness (QED) is 0.746. The standard InChI is InChI=1S/C25H27FN4O2/c1-16-20(4-5-23(26)22(16)11-27)24-14-30-9-8-29(13-19(30)12-28-24)7-6-17-2-3-21-18(10-17)15-32-25(21)31/h2-5,10,19,24,28H,6-9,12-15H2,1H3/t19-,24+/m1/s1. The lowest BCUT2D eigenvalue weighted by molar-refractivity contribution is 0.0426. The molecule has 0 spiro atoms. The van der Waals surface area contributed by atoms with Crippen LogP contribution in [-0.2, 0) is 17.8 Å². The van der Waals surface area contributed by atoms with E-state index in [9.17, 15) is 14.4 Å². The second kappa shape index (κ2) is 8.62. The Hall–Kier alpha value is -2.79. The van der Waals surface area contributed by atoms with Crippen molar-refractivity contribution in [3.63, 3.8) is 0 Å². The fourth-order valence-corrected chi connectivity index (χ4v) is 5.22. The van der Waals surface area contributed by atoms with Crippen LogP contribution in [0.15, 0.2) is 30.3 Å². The minimum atomic E-state index is -0.446. The molecular weight excluding hydrogens is 407 g/mol. The third-order valence-corrected chi connectivity index (χ3v) is 7.11. The predicted molar refractivity (Wildman–Crippen MR) is 118 cm³/mol. The van der Waals surface area contributed by atoms with Crippen molar-refractivity contribution in [2.75, 3.05) is 39.3 Å². The van der Waals surface area contributed by atoms with Gasteiger partial charge in [0, 0.05) is 56.9 Å². The molecular formula is C25H27FN4O2. The van der Waals surface area contributed by atoms with E-state index in [0.29, 0.717) is 18.2 Å². The molecule has 2 aromatic carbocycles. The van der Waals surface area contributed by atoms with E-state index in [1.807, 2.05) is 31.2 Å². The van der Waals surface area contributed by atoms with Crippen molar-refractivity contribution in [2.45, 2.75) is 32.0 Å². The average molecular weight is 435 g/mol. The Kier molecular flexibility index (Phi) is 5.68. The number of carbonyl (C=O) groups excluding carboxylic acids is 1. The first-order chi connectivity index (χ1) is 15.5. The van der Waals surface area contributed by atoms with Gasteiger partial charge in [-0.25, -0.2) is 9.18 Å². The molecule has 2 saturated heterocycles. The fourth-order valence-electron chi connectivity index (χ4n) is 5.22. The zero-order chi connectivity index (χ0) is 22.2. The molecule has 0 amide bonds. The number of piperazine rings is 2. The van der Waals surface area contributed by atoms with Gasteiger partial charge in [0.2, 0.25) is 0 Å². The first kappa shape index (κ1) is 21.1. The van der Waals surface area contributed by atoms with E-state index in [-0.39, 0.29) is 17.6 Å². The van der Waals surface area contributed by atoms with Crippen LogP contribution in [0.4, 0.5) is 4.39 Å². The van der Waals surface area contributed by atoms with E-state index in [4.69, 9.17) is 4.74 Å². The van der Waals surface area contributed by atoms with Crippen LogP contribution in [-0.4, -0.2) is 61.1 Å². The summed E-state index contributed by atoms with van der Waals surface area (Å²) in [6.07, 6.45) is 0.954. The third kappa shape index (κ3) is 3.90. The van der Waals surface area contributed by atoms with Gasteiger partial charge >= 0.3 is 5.97 Å². The summed E-state index contributed by atoms with van der Waals surface area (Å²) in [4.78, 5) is 16.7. The van der Waals surface area contributed by atoms with E-state index in [0.717, 1.165) is 62.4 Å². The number of halogens is 1. The van der Waals surface area contributed by atoms with Gasteiger partial charge in [0.05, 0.1) is 11.1 Å². The van der Waals surface area contributed by atoms with Gasteiger partial charge in [-0.2, -0.15) is 5.26 Å². The highest BCUT2D eigenvalue weighted by Crippen LogP contribution is 2.28. The first-order valence-electron chi connectivity index (χ1n) is 11.2. The van der Waals surface area contributed by atoms with Crippen molar-refractivity contribution < 1.29 is 13.9 Å². The molecule has 0 saturated carbocycles. The Morgan fingerprint density at radius 3 is 2.97 bits per heavy atom. The number of nitrogens with zero attached hydrogens (tertiary/aromatic N) is 3. The van der Waals surface area contributed by atoms with Crippen LogP contribution in [0.5, 0.6) is 0 Å². The summed E-state index contributed by atoms with van der Waals surface area (Å²) in [7, 11) is 0. The van der Waals surface area contributed by atoms with Crippen LogP contribution < -0.4 is 5.32 Å². The van der Waals surface area contributed by atoms with Crippen molar-refractivity contribution in [1.82, 2.24) is 15.1 Å². The number of ether oxygens (including phenoxy) is 1. The molecule has 0 unspecified atom stereocenters. The molecule has 32 heavy (non-hydrogen) atoms. The monoisotopic (exact) mass is 434 g/mol. The van der Waals surface area contributed by atoms with E-state index < -0.39 is 5.82 Å². The molecule has 7 heteroatoms. The molecule has 0 bridgehead atoms. The summed E-state index contributed by atoms with van der Waals surface area (Å²) in [6.45, 7) is 7.99. The molecule has 6 nitrogen and oxygen atoms in total. The van der Waals surface area contributed by atoms with Crippen LogP contribution in [0.2, 0.25) is 0 Å². The number of benzene rings is 2. The molecule has 0 radical (unpaired) electrons. The maximum atomic E-state index is 13.9. The molecule has 3 aliphatic heterocycles. The molecule has 0 aliphatic carbocycles. The molecule has 2 atom stereocenters. The van der Waals surface area contributed by atoms with E-state index in [2.05, 4.69) is 21.2 Å². The number of hydrogen-bond acceptors (Lipinski definition) is 6. The highest BCUT2D eigenvalue weighted by molar-refractivity contribution is 5.93. The van der Waals surface area contributed by atoms with Crippen LogP contribution in [0.1, 0.15) is 44.2 Å². The third-order valence-electron chi connectivity index (χ3n) is 7.11. The van der Waals surface area contributed by atoms with Gasteiger partial charge in [0.15, 0.2) is 0 Å². The lowest BCUT2D eigenvalue weighted by Crippen LogP contribution is -2.61. The van der Waals surface area contributed by atoms with Gasteiger partial charge in [-0.05, 0) is 42.2 Å². The van der Waals surface area contributed by atoms with Crippen molar-refractivity contribution in [3.8, 4) is 6.07 Å². The summed E-state index contributed by atoms with van der Waals surface area (Å²) in [5, 5.41) is 12.9. The van der Waals surface area contributed by atoms with E-state index in [1.54, 1.807) is 0 Å². The minimum absolute atomic E-state index is 0.113. The molecule has 3 heterocycles. The highest BCUT2D eigenvalue weighted by Gasteiger charge is 2.34. The molecule has 2 aromatic rings. The van der Waals surface area contributed by atoms with E-state index in [1.165, 1.54) is 11.6 Å². The Morgan fingerprint density at radius 1 is 1.25 bits per heavy atom. The lowest BCUT2D eigenvalue weighted by atomic mass is 9.93. The summed E-state index contributed by atoms with van der Waals surface area (Å²) in [6, 6.07) is 11.8. The minimum Gasteiger partial charge on any atom is -0.457 e. The Morgan fingerprint density at radius 2 is 2.12 bits per heavy atom. The zero-order valence-electron chi connectivity index (χ0n) is 18.2. The summed E-state index contributed by atoms with van der Waals surface area (Å²) >= 11 is 0. The SMILES string of the molecule is Cc1c([C@@H]2CN3CCN(CCc4ccc5c(c4)COC5=O)C[C@H]3CN2)ccc(F)c1C#N. The molecule has 2 fully saturated rings. The largest absolute Gasteiger partial charge is 0.457 e. The molecule has 3 aliphatic rings. The second-order valence-corrected chi connectivity index (χ2v) is 8.98. The van der Waals surface area contributed by atoms with Gasteiger partial charge in [0.1, 0.15) is 18.5 Å². The van der Waals surface area contributed by atoms with Crippen LogP contribution in [0, 0.1) is 24.1 Å². The fraction of sp³-hybridized carbons (Fsp3) is 0.440. The van der Waals surface area contributed by atoms with Gasteiger partial charge < -0.3 is 15.0 Å². The molecule has 0 aromatic heterocycles. The number of nitriles is 1. The predicted octanol–water partition coefficient (Wildman–Crippen LogP) is 2.55. The van der Waals surface area contributed by atoms with Gasteiger partial charge in [-0.3, -0.25) is 4.90 Å². The van der Waals surface area contributed by atoms with Gasteiger partial charge in [0.25, 0.3) is 0 Å². The normalized spacial score (nSPS) is 23.3. The Bertz CT molecular complexity index is 1100. The van der Waals surface area contributed by atoms with E-state index >= 15 is 0 Å². The van der Waals surface area contributed by atoms with Crippen LogP contribution >= 0.6 is 0 Å². The zero-order valence-corrected chi connectivity index (χ0v) is 18.2. The first-order valence-corrected chi connectivity index (χ1v) is 11.2. The van der Waals surface area contributed by atoms with Gasteiger partial charge in [-0.15, -0.1) is 0 Å². The summed E-state index contributed by atoms with van der Waals surface area (Å²) in [5.41, 5.74) is 4.84. The number of hydrogen-bond donors (Lipinski definition) is 1. The molecule has 166 valence electrons. The van der Waals surface area contributed by atoms with Crippen molar-refractivity contribution >= 4 is 5.97 Å². The van der Waals surface area contributed by atoms with Crippen molar-refractivity contribution in [1.29, 1.82) is 5.26 Å². The van der Waals surface area contributed by atoms with Gasteiger partial charge in [-0.1, -0.05) is 18.2 Å². The number of rotatable bonds is 4. The molecule has 1 N–H and O–H groups in total. The summed E-state index contributed by atoms with van der Waals surface area (Å²) in [5.74, 6) is -0.663. The maximum absolute atomic E-state index is 13.9. The smallest absolute Gasteiger partial charge is 0.338 e. The number of esters is 1. The number of nitrogens with one attached hydrogen (secondary N) is 1. The molecule has 5 rings (SSSR count). The van der Waals surface area contributed by atoms with Crippen LogP contribution in [0.25, 0.3) is 0 Å². The van der Waals surface area contributed by atoms with Crippen LogP contribution in [0.3, 0.4) is 0 Å². The summed E-state index contributed by atoms with van der Waals surface area (Å²) < 4.78 is 19.0. The average Bonchev–Trinajstić information content (AvgIpc) is 3.18.